The maximum Gasteiger partial charge on any atom is 0.326 e. The summed E-state index contributed by atoms with van der Waals surface area (Å²) in [5, 5.41) is -0.877. The number of halogens is 1. The summed E-state index contributed by atoms with van der Waals surface area (Å²) in [7, 11) is 0. The van der Waals surface area contributed by atoms with E-state index in [9.17, 15) is 4.79 Å². The molecule has 3 nitrogen and oxygen atoms in total. The van der Waals surface area contributed by atoms with Crippen molar-refractivity contribution < 1.29 is 9.53 Å². The molecule has 2 atom stereocenters. The molecule has 11 heavy (non-hydrogen) atoms. The van der Waals surface area contributed by atoms with Gasteiger partial charge in [-0.3, -0.25) is 4.79 Å². The van der Waals surface area contributed by atoms with Gasteiger partial charge < -0.3 is 4.74 Å². The van der Waals surface area contributed by atoms with E-state index in [-0.39, 0.29) is 12.0 Å². The molecule has 0 amide bonds. The van der Waals surface area contributed by atoms with Gasteiger partial charge in [-0.15, -0.1) is 0 Å². The fourth-order valence-electron chi connectivity index (χ4n) is 1.80. The predicted molar refractivity (Wildman–Crippen MR) is 40.1 cm³/mol. The number of carbonyl (C=O) groups excluding carboxylic acids is 1. The first-order chi connectivity index (χ1) is 5.11. The van der Waals surface area contributed by atoms with E-state index in [1.54, 1.807) is 6.92 Å². The van der Waals surface area contributed by atoms with Crippen molar-refractivity contribution in [2.24, 2.45) is 0 Å². The normalized spacial score (nSPS) is 44.2. The first kappa shape index (κ1) is 7.37. The molecule has 0 aliphatic carbocycles. The van der Waals surface area contributed by atoms with Crippen LogP contribution in [0.25, 0.3) is 0 Å². The Morgan fingerprint density at radius 1 is 1.82 bits per heavy atom. The van der Waals surface area contributed by atoms with Crippen LogP contribution in [0.15, 0.2) is 0 Å². The number of nitrogens with zero attached hydrogens (tertiary/aromatic N) is 1. The van der Waals surface area contributed by atoms with E-state index in [4.69, 9.17) is 16.3 Å². The summed E-state index contributed by atoms with van der Waals surface area (Å²) in [5.41, 5.74) is 0. The van der Waals surface area contributed by atoms with E-state index in [0.717, 1.165) is 19.4 Å². The van der Waals surface area contributed by atoms with Gasteiger partial charge >= 0.3 is 5.97 Å². The minimum atomic E-state index is -0.877. The van der Waals surface area contributed by atoms with Gasteiger partial charge in [0.25, 0.3) is 0 Å². The van der Waals surface area contributed by atoms with Crippen molar-refractivity contribution in [2.45, 2.75) is 31.0 Å². The van der Waals surface area contributed by atoms with Gasteiger partial charge in [-0.1, -0.05) is 11.6 Å². The number of hydrogen-bond donors (Lipinski definition) is 0. The number of rotatable bonds is 0. The van der Waals surface area contributed by atoms with Crippen LogP contribution in [-0.2, 0) is 9.53 Å². The quantitative estimate of drug-likeness (QED) is 0.312. The molecule has 62 valence electrons. The molecule has 0 unspecified atom stereocenters. The molecule has 2 aliphatic rings. The summed E-state index contributed by atoms with van der Waals surface area (Å²) in [6.07, 6.45) is 1.93. The minimum absolute atomic E-state index is 0.0718. The third-order valence-electron chi connectivity index (χ3n) is 2.32. The predicted octanol–water partition coefficient (Wildman–Crippen LogP) is 0.920. The molecule has 0 aromatic heterocycles. The van der Waals surface area contributed by atoms with Crippen LogP contribution in [0.4, 0.5) is 0 Å². The molecule has 0 spiro atoms. The second-order valence-corrected chi connectivity index (χ2v) is 3.84. The van der Waals surface area contributed by atoms with E-state index < -0.39 is 5.18 Å². The van der Waals surface area contributed by atoms with Crippen molar-refractivity contribution in [2.75, 3.05) is 6.54 Å². The van der Waals surface area contributed by atoms with Crippen LogP contribution in [0.2, 0.25) is 0 Å². The lowest BCUT2D eigenvalue weighted by Gasteiger charge is -2.23. The number of esters is 1. The lowest BCUT2D eigenvalue weighted by molar-refractivity contribution is -0.144. The summed E-state index contributed by atoms with van der Waals surface area (Å²) < 4.78 is 4.97. The molecule has 0 bridgehead atoms. The van der Waals surface area contributed by atoms with Gasteiger partial charge in [-0.05, 0) is 12.8 Å². The fourth-order valence-corrected chi connectivity index (χ4v) is 2.08. The molecule has 2 rings (SSSR count). The summed E-state index contributed by atoms with van der Waals surface area (Å²) in [6.45, 7) is 2.59. The number of ether oxygens (including phenoxy) is 1. The Morgan fingerprint density at radius 2 is 2.55 bits per heavy atom. The summed E-state index contributed by atoms with van der Waals surface area (Å²) >= 11 is 5.95. The van der Waals surface area contributed by atoms with Crippen molar-refractivity contribution in [3.63, 3.8) is 0 Å². The SMILES string of the molecule is C[C@]1(Cl)OC(=O)[C@H]2CCCN21. The van der Waals surface area contributed by atoms with Crippen LogP contribution in [0.3, 0.4) is 0 Å². The Morgan fingerprint density at radius 3 is 3.18 bits per heavy atom. The lowest BCUT2D eigenvalue weighted by Crippen LogP contribution is -2.38. The smallest absolute Gasteiger partial charge is 0.326 e. The molecule has 2 fully saturated rings. The van der Waals surface area contributed by atoms with E-state index in [1.165, 1.54) is 0 Å². The fraction of sp³-hybridized carbons (Fsp3) is 0.857. The van der Waals surface area contributed by atoms with E-state index in [2.05, 4.69) is 0 Å². The Balaban J connectivity index is 2.27. The van der Waals surface area contributed by atoms with E-state index in [0.29, 0.717) is 0 Å². The maximum absolute atomic E-state index is 11.1. The average molecular weight is 176 g/mol. The monoisotopic (exact) mass is 175 g/mol. The molecule has 0 aromatic rings. The van der Waals surface area contributed by atoms with Crippen LogP contribution >= 0.6 is 11.6 Å². The van der Waals surface area contributed by atoms with Crippen LogP contribution in [0.1, 0.15) is 19.8 Å². The molecular weight excluding hydrogens is 166 g/mol. The Bertz CT molecular complexity index is 205. The Labute approximate surface area is 70.3 Å². The van der Waals surface area contributed by atoms with Crippen molar-refractivity contribution in [1.29, 1.82) is 0 Å². The van der Waals surface area contributed by atoms with E-state index >= 15 is 0 Å². The number of cyclic esters (lactones) is 1. The Kier molecular flexibility index (Phi) is 1.41. The van der Waals surface area contributed by atoms with Crippen LogP contribution in [-0.4, -0.2) is 28.6 Å². The van der Waals surface area contributed by atoms with Gasteiger partial charge in [-0.2, -0.15) is 0 Å². The number of alkyl halides is 1. The molecular formula is C7H10ClNO2. The van der Waals surface area contributed by atoms with Crippen molar-refractivity contribution in [3.8, 4) is 0 Å². The van der Waals surface area contributed by atoms with Crippen molar-refractivity contribution in [3.05, 3.63) is 0 Å². The average Bonchev–Trinajstić information content (AvgIpc) is 2.37. The van der Waals surface area contributed by atoms with Gasteiger partial charge in [0.1, 0.15) is 6.04 Å². The van der Waals surface area contributed by atoms with Gasteiger partial charge in [0.2, 0.25) is 5.18 Å². The van der Waals surface area contributed by atoms with Gasteiger partial charge in [-0.25, -0.2) is 4.90 Å². The Hall–Kier alpha value is -0.280. The second kappa shape index (κ2) is 2.11. The van der Waals surface area contributed by atoms with Crippen molar-refractivity contribution >= 4 is 17.6 Å². The highest BCUT2D eigenvalue weighted by atomic mass is 35.5. The first-order valence-electron chi connectivity index (χ1n) is 3.80. The van der Waals surface area contributed by atoms with Crippen LogP contribution in [0.5, 0.6) is 0 Å². The number of carbonyl (C=O) groups is 1. The largest absolute Gasteiger partial charge is 0.428 e. The minimum Gasteiger partial charge on any atom is -0.428 e. The molecule has 2 saturated heterocycles. The topological polar surface area (TPSA) is 29.5 Å². The zero-order chi connectivity index (χ0) is 8.06. The number of hydrogen-bond acceptors (Lipinski definition) is 3. The van der Waals surface area contributed by atoms with Gasteiger partial charge in [0, 0.05) is 13.5 Å². The molecule has 0 N–H and O–H groups in total. The molecule has 4 heteroatoms. The second-order valence-electron chi connectivity index (χ2n) is 3.14. The van der Waals surface area contributed by atoms with Crippen LogP contribution in [0, 0.1) is 0 Å². The third-order valence-corrected chi connectivity index (χ3v) is 2.62. The highest BCUT2D eigenvalue weighted by Gasteiger charge is 2.51. The van der Waals surface area contributed by atoms with Crippen LogP contribution < -0.4 is 0 Å². The highest BCUT2D eigenvalue weighted by Crippen LogP contribution is 2.37. The molecule has 2 aliphatic heterocycles. The van der Waals surface area contributed by atoms with Gasteiger partial charge in [0.05, 0.1) is 0 Å². The lowest BCUT2D eigenvalue weighted by atomic mass is 10.2. The zero-order valence-corrected chi connectivity index (χ0v) is 7.10. The summed E-state index contributed by atoms with van der Waals surface area (Å²) in [5.74, 6) is -0.167. The summed E-state index contributed by atoms with van der Waals surface area (Å²) in [6, 6.07) is -0.0718. The molecule has 2 heterocycles. The number of fused-ring (bicyclic) bond motifs is 1. The first-order valence-corrected chi connectivity index (χ1v) is 4.17. The summed E-state index contributed by atoms with van der Waals surface area (Å²) in [4.78, 5) is 13.0. The third kappa shape index (κ3) is 0.948. The zero-order valence-electron chi connectivity index (χ0n) is 6.34. The molecule has 0 saturated carbocycles. The maximum atomic E-state index is 11.1. The molecule has 0 aromatic carbocycles. The van der Waals surface area contributed by atoms with Crippen molar-refractivity contribution in [1.82, 2.24) is 4.90 Å². The van der Waals surface area contributed by atoms with E-state index in [1.807, 2.05) is 4.90 Å². The standard InChI is InChI=1S/C7H10ClNO2/c1-7(8)9-4-2-3-5(9)6(10)11-7/h5H,2-4H2,1H3/t5-,7-/m1/s1. The molecule has 0 radical (unpaired) electrons. The highest BCUT2D eigenvalue weighted by molar-refractivity contribution is 6.23. The van der Waals surface area contributed by atoms with Gasteiger partial charge in [0.15, 0.2) is 0 Å².